The summed E-state index contributed by atoms with van der Waals surface area (Å²) in [6.45, 7) is 5.32. The van der Waals surface area contributed by atoms with Crippen molar-refractivity contribution in [3.05, 3.63) is 53.3 Å². The maximum atomic E-state index is 12.7. The molecule has 0 spiro atoms. The molecular weight excluding hydrogens is 426 g/mol. The summed E-state index contributed by atoms with van der Waals surface area (Å²) in [7, 11) is 0. The molecule has 4 rings (SSSR count). The Bertz CT molecular complexity index is 1070. The van der Waals surface area contributed by atoms with Gasteiger partial charge in [0.25, 0.3) is 0 Å². The lowest BCUT2D eigenvalue weighted by Crippen LogP contribution is -2.41. The third-order valence-corrected chi connectivity index (χ3v) is 6.36. The number of ether oxygens (including phenoxy) is 1. The Morgan fingerprint density at radius 3 is 2.66 bits per heavy atom. The van der Waals surface area contributed by atoms with Crippen LogP contribution in [0.4, 0.5) is 5.13 Å². The number of furan rings is 1. The molecule has 1 fully saturated rings. The number of carbonyl (C=O) groups excluding carboxylic acids is 2. The van der Waals surface area contributed by atoms with Crippen LogP contribution in [0.2, 0.25) is 0 Å². The van der Waals surface area contributed by atoms with E-state index in [1.807, 2.05) is 60.5 Å². The second-order valence-electron chi connectivity index (χ2n) is 7.92. The number of piperidine rings is 1. The van der Waals surface area contributed by atoms with Gasteiger partial charge in [0.1, 0.15) is 17.3 Å². The molecule has 0 saturated carbocycles. The van der Waals surface area contributed by atoms with Crippen molar-refractivity contribution in [2.24, 2.45) is 5.92 Å². The number of likely N-dealkylation sites (tertiary alicyclic amines) is 1. The van der Waals surface area contributed by atoms with Gasteiger partial charge in [-0.3, -0.25) is 9.59 Å². The molecule has 7 nitrogen and oxygen atoms in total. The van der Waals surface area contributed by atoms with Gasteiger partial charge in [-0.2, -0.15) is 0 Å². The second kappa shape index (κ2) is 9.99. The quantitative estimate of drug-likeness (QED) is 0.562. The fourth-order valence-corrected chi connectivity index (χ4v) is 4.58. The van der Waals surface area contributed by atoms with E-state index < -0.39 is 0 Å². The molecule has 0 atom stereocenters. The summed E-state index contributed by atoms with van der Waals surface area (Å²) in [6.07, 6.45) is 1.63. The fourth-order valence-electron chi connectivity index (χ4n) is 3.87. The molecule has 1 aliphatic heterocycles. The molecule has 1 N–H and O–H groups in total. The first-order valence-electron chi connectivity index (χ1n) is 10.8. The normalized spacial score (nSPS) is 14.4. The number of nitrogens with one attached hydrogen (secondary N) is 1. The molecule has 3 aromatic rings. The number of anilines is 1. The van der Waals surface area contributed by atoms with Gasteiger partial charge in [-0.05, 0) is 44.9 Å². The molecule has 0 aliphatic carbocycles. The summed E-state index contributed by atoms with van der Waals surface area (Å²) < 4.78 is 11.2. The number of hydrogen-bond acceptors (Lipinski definition) is 6. The van der Waals surface area contributed by atoms with Crippen molar-refractivity contribution >= 4 is 28.3 Å². The van der Waals surface area contributed by atoms with Crippen molar-refractivity contribution in [3.8, 4) is 17.0 Å². The van der Waals surface area contributed by atoms with Crippen molar-refractivity contribution in [3.63, 3.8) is 0 Å². The minimum Gasteiger partial charge on any atom is -0.493 e. The van der Waals surface area contributed by atoms with Crippen molar-refractivity contribution in [2.75, 3.05) is 25.0 Å². The number of aryl methyl sites for hydroxylation is 2. The molecule has 2 amide bonds. The van der Waals surface area contributed by atoms with Gasteiger partial charge in [-0.25, -0.2) is 4.98 Å². The van der Waals surface area contributed by atoms with Crippen LogP contribution in [-0.4, -0.2) is 41.4 Å². The third kappa shape index (κ3) is 5.37. The number of aromatic nitrogens is 1. The zero-order chi connectivity index (χ0) is 22.5. The van der Waals surface area contributed by atoms with Crippen LogP contribution in [0.5, 0.6) is 5.75 Å². The highest BCUT2D eigenvalue weighted by Gasteiger charge is 2.27. The third-order valence-electron chi connectivity index (χ3n) is 5.60. The lowest BCUT2D eigenvalue weighted by molar-refractivity contribution is -0.135. The molecule has 0 radical (unpaired) electrons. The first kappa shape index (κ1) is 22.1. The van der Waals surface area contributed by atoms with Crippen LogP contribution in [0.15, 0.2) is 46.2 Å². The Morgan fingerprint density at radius 2 is 1.97 bits per heavy atom. The SMILES string of the molecule is Cc1cc(-c2csc(NC(=O)C3CCN(C(=O)CCOc4ccccc4)CC3)n2)c(C)o1. The number of thiazole rings is 1. The minimum absolute atomic E-state index is 0.0366. The summed E-state index contributed by atoms with van der Waals surface area (Å²) in [5.41, 5.74) is 1.75. The Labute approximate surface area is 191 Å². The largest absolute Gasteiger partial charge is 0.493 e. The Morgan fingerprint density at radius 1 is 1.22 bits per heavy atom. The smallest absolute Gasteiger partial charge is 0.229 e. The van der Waals surface area contributed by atoms with E-state index in [0.29, 0.717) is 44.1 Å². The van der Waals surface area contributed by atoms with E-state index in [0.717, 1.165) is 28.5 Å². The molecule has 0 unspecified atom stereocenters. The lowest BCUT2D eigenvalue weighted by Gasteiger charge is -2.31. The Hall–Kier alpha value is -3.13. The maximum absolute atomic E-state index is 12.7. The number of hydrogen-bond donors (Lipinski definition) is 1. The van der Waals surface area contributed by atoms with Gasteiger partial charge in [0.2, 0.25) is 11.8 Å². The molecule has 32 heavy (non-hydrogen) atoms. The monoisotopic (exact) mass is 453 g/mol. The van der Waals surface area contributed by atoms with Gasteiger partial charge < -0.3 is 19.4 Å². The average molecular weight is 454 g/mol. The van der Waals surface area contributed by atoms with Crippen LogP contribution in [-0.2, 0) is 9.59 Å². The van der Waals surface area contributed by atoms with E-state index >= 15 is 0 Å². The van der Waals surface area contributed by atoms with Crippen LogP contribution in [0.1, 0.15) is 30.8 Å². The number of carbonyl (C=O) groups is 2. The van der Waals surface area contributed by atoms with Crippen LogP contribution >= 0.6 is 11.3 Å². The van der Waals surface area contributed by atoms with E-state index in [-0.39, 0.29) is 17.7 Å². The standard InChI is InChI=1S/C24H27N3O4S/c1-16-14-20(17(2)31-16)21-15-32-24(25-21)26-23(29)18-8-11-27(12-9-18)22(28)10-13-30-19-6-4-3-5-7-19/h3-7,14-15,18H,8-13H2,1-2H3,(H,25,26,29). The number of amides is 2. The Kier molecular flexibility index (Phi) is 6.90. The first-order chi connectivity index (χ1) is 15.5. The molecule has 168 valence electrons. The molecule has 8 heteroatoms. The average Bonchev–Trinajstić information content (AvgIpc) is 3.39. The summed E-state index contributed by atoms with van der Waals surface area (Å²) in [6, 6.07) is 11.4. The number of nitrogens with zero attached hydrogens (tertiary/aromatic N) is 2. The highest BCUT2D eigenvalue weighted by molar-refractivity contribution is 7.14. The highest BCUT2D eigenvalue weighted by Crippen LogP contribution is 2.30. The molecule has 1 saturated heterocycles. The minimum atomic E-state index is -0.120. The van der Waals surface area contributed by atoms with Gasteiger partial charge in [-0.15, -0.1) is 11.3 Å². The predicted octanol–water partition coefficient (Wildman–Crippen LogP) is 4.67. The number of para-hydroxylation sites is 1. The van der Waals surface area contributed by atoms with Gasteiger partial charge >= 0.3 is 0 Å². The van der Waals surface area contributed by atoms with Gasteiger partial charge in [0, 0.05) is 30.0 Å². The number of rotatable bonds is 7. The molecule has 0 bridgehead atoms. The number of benzene rings is 1. The van der Waals surface area contributed by atoms with E-state index in [2.05, 4.69) is 10.3 Å². The lowest BCUT2D eigenvalue weighted by atomic mass is 9.96. The fraction of sp³-hybridized carbons (Fsp3) is 0.375. The van der Waals surface area contributed by atoms with Gasteiger partial charge in [0.15, 0.2) is 5.13 Å². The molecule has 1 aromatic carbocycles. The molecule has 3 heterocycles. The van der Waals surface area contributed by atoms with Gasteiger partial charge in [0.05, 0.1) is 18.7 Å². The van der Waals surface area contributed by atoms with Gasteiger partial charge in [-0.1, -0.05) is 18.2 Å². The molecular formula is C24H27N3O4S. The maximum Gasteiger partial charge on any atom is 0.229 e. The zero-order valence-corrected chi connectivity index (χ0v) is 19.1. The van der Waals surface area contributed by atoms with E-state index in [9.17, 15) is 9.59 Å². The molecule has 1 aliphatic rings. The molecule has 2 aromatic heterocycles. The van der Waals surface area contributed by atoms with E-state index in [4.69, 9.17) is 9.15 Å². The second-order valence-corrected chi connectivity index (χ2v) is 8.78. The van der Waals surface area contributed by atoms with E-state index in [1.54, 1.807) is 0 Å². The van der Waals surface area contributed by atoms with Crippen LogP contribution < -0.4 is 10.1 Å². The Balaban J connectivity index is 1.22. The van der Waals surface area contributed by atoms with Crippen LogP contribution in [0.3, 0.4) is 0 Å². The zero-order valence-electron chi connectivity index (χ0n) is 18.3. The van der Waals surface area contributed by atoms with E-state index in [1.165, 1.54) is 11.3 Å². The van der Waals surface area contributed by atoms with Crippen LogP contribution in [0.25, 0.3) is 11.3 Å². The summed E-state index contributed by atoms with van der Waals surface area (Å²) in [5.74, 6) is 2.32. The highest BCUT2D eigenvalue weighted by atomic mass is 32.1. The summed E-state index contributed by atoms with van der Waals surface area (Å²) in [5, 5.41) is 5.44. The predicted molar refractivity (Wildman–Crippen MR) is 124 cm³/mol. The first-order valence-corrected chi connectivity index (χ1v) is 11.7. The van der Waals surface area contributed by atoms with Crippen molar-refractivity contribution in [2.45, 2.75) is 33.1 Å². The van der Waals surface area contributed by atoms with Crippen molar-refractivity contribution < 1.29 is 18.7 Å². The summed E-state index contributed by atoms with van der Waals surface area (Å²) >= 11 is 1.40. The van der Waals surface area contributed by atoms with Crippen molar-refractivity contribution in [1.82, 2.24) is 9.88 Å². The van der Waals surface area contributed by atoms with Crippen molar-refractivity contribution in [1.29, 1.82) is 0 Å². The summed E-state index contributed by atoms with van der Waals surface area (Å²) in [4.78, 5) is 31.5. The van der Waals surface area contributed by atoms with Crippen LogP contribution in [0, 0.1) is 19.8 Å². The topological polar surface area (TPSA) is 84.7 Å².